The van der Waals surface area contributed by atoms with Crippen molar-refractivity contribution in [2.24, 2.45) is 0 Å². The van der Waals surface area contributed by atoms with Gasteiger partial charge in [0, 0.05) is 5.56 Å². The Morgan fingerprint density at radius 3 is 1.50 bits per heavy atom. The molecule has 0 aliphatic carbocycles. The van der Waals surface area contributed by atoms with Crippen LogP contribution in [-0.2, 0) is 0 Å². The fourth-order valence-electron chi connectivity index (χ4n) is 2.90. The first-order valence-corrected chi connectivity index (χ1v) is 10.8. The molecular weight excluding hydrogens is 284 g/mol. The van der Waals surface area contributed by atoms with Gasteiger partial charge in [0.1, 0.15) is 0 Å². The van der Waals surface area contributed by atoms with Crippen LogP contribution in [0.25, 0.3) is 0 Å². The molecule has 0 aliphatic rings. The van der Waals surface area contributed by atoms with E-state index < -0.39 is 9.44 Å². The highest BCUT2D eigenvalue weighted by Crippen LogP contribution is 2.48. The molecule has 22 heavy (non-hydrogen) atoms. The quantitative estimate of drug-likeness (QED) is 0.467. The molecule has 0 aliphatic heterocycles. The van der Waals surface area contributed by atoms with Crippen LogP contribution in [0.2, 0.25) is 0 Å². The van der Waals surface area contributed by atoms with Crippen LogP contribution in [0, 0.1) is 12.1 Å². The van der Waals surface area contributed by atoms with Gasteiger partial charge in [0.2, 0.25) is 0 Å². The average Bonchev–Trinajstić information content (AvgIpc) is 2.48. The molecule has 0 N–H and O–H groups in total. The molecule has 1 aromatic carbocycles. The van der Waals surface area contributed by atoms with Gasteiger partial charge < -0.3 is 0 Å². The molecule has 0 saturated heterocycles. The van der Waals surface area contributed by atoms with Crippen LogP contribution in [0.3, 0.4) is 0 Å². The summed E-state index contributed by atoms with van der Waals surface area (Å²) in [4.78, 5) is 0. The van der Waals surface area contributed by atoms with E-state index in [1.54, 1.807) is 0 Å². The minimum Gasteiger partial charge on any atom is -0.177 e. The molecule has 0 fully saturated rings. The standard InChI is InChI=1S/C17H28S.2C2H6/c1-13(2)18(14(3)4,15(5)6)12-17-10-8-9-16(7)11-17;2*1-2/h8-11,13-15H,1-7H3;2*1-2H3. The van der Waals surface area contributed by atoms with Crippen LogP contribution in [-0.4, -0.2) is 15.7 Å². The second kappa shape index (κ2) is 11.9. The van der Waals surface area contributed by atoms with E-state index in [0.29, 0.717) is 15.7 Å². The van der Waals surface area contributed by atoms with Gasteiger partial charge in [-0.25, -0.2) is 0 Å². The SMILES string of the molecule is CC.CC.Cc1cccc(C#S(C(C)C)(C(C)C)C(C)C)c1. The van der Waals surface area contributed by atoms with Crippen LogP contribution in [0.1, 0.15) is 80.4 Å². The lowest BCUT2D eigenvalue weighted by atomic mass is 10.2. The summed E-state index contributed by atoms with van der Waals surface area (Å²) < 4.78 is 0. The van der Waals surface area contributed by atoms with Gasteiger partial charge in [0.05, 0.1) is 0 Å². The lowest BCUT2D eigenvalue weighted by Gasteiger charge is -2.37. The second-order valence-corrected chi connectivity index (χ2v) is 10.4. The Kier molecular flexibility index (Phi) is 12.7. The van der Waals surface area contributed by atoms with Crippen molar-refractivity contribution in [1.82, 2.24) is 0 Å². The summed E-state index contributed by atoms with van der Waals surface area (Å²) >= 11 is 0. The molecule has 1 heteroatoms. The highest BCUT2D eigenvalue weighted by atomic mass is 32.2. The topological polar surface area (TPSA) is 0 Å². The second-order valence-electron chi connectivity index (χ2n) is 5.88. The van der Waals surface area contributed by atoms with E-state index in [-0.39, 0.29) is 0 Å². The minimum absolute atomic E-state index is 0.679. The molecule has 0 unspecified atom stereocenters. The summed E-state index contributed by atoms with van der Waals surface area (Å²) in [5.41, 5.74) is 2.60. The fraction of sp³-hybridized carbons (Fsp3) is 0.667. The van der Waals surface area contributed by atoms with Gasteiger partial charge in [0.15, 0.2) is 0 Å². The molecular formula is C21H40S. The molecule has 0 nitrogen and oxygen atoms in total. The molecule has 130 valence electrons. The summed E-state index contributed by atoms with van der Waals surface area (Å²) in [5, 5.41) is 5.95. The summed E-state index contributed by atoms with van der Waals surface area (Å²) in [6.07, 6.45) is 0. The zero-order valence-corrected chi connectivity index (χ0v) is 17.8. The third kappa shape index (κ3) is 6.23. The summed E-state index contributed by atoms with van der Waals surface area (Å²) in [6.45, 7) is 24.3. The van der Waals surface area contributed by atoms with Gasteiger partial charge in [-0.05, 0) is 40.4 Å². The number of rotatable bonds is 0. The Bertz CT molecular complexity index is 473. The molecule has 0 bridgehead atoms. The number of aryl methyl sites for hydroxylation is 1. The van der Waals surface area contributed by atoms with Crippen LogP contribution in [0.4, 0.5) is 0 Å². The van der Waals surface area contributed by atoms with Crippen LogP contribution in [0.15, 0.2) is 24.3 Å². The molecule has 1 aromatic rings. The van der Waals surface area contributed by atoms with Crippen molar-refractivity contribution >= 4 is 9.44 Å². The van der Waals surface area contributed by atoms with Gasteiger partial charge in [0.25, 0.3) is 0 Å². The van der Waals surface area contributed by atoms with Gasteiger partial charge >= 0.3 is 0 Å². The minimum atomic E-state index is -0.866. The molecule has 0 heterocycles. The molecule has 1 rings (SSSR count). The Labute approximate surface area is 142 Å². The van der Waals surface area contributed by atoms with Crippen molar-refractivity contribution in [2.45, 2.75) is 91.9 Å². The first-order valence-electron chi connectivity index (χ1n) is 8.95. The van der Waals surface area contributed by atoms with Gasteiger partial charge in [-0.15, -0.1) is 0 Å². The molecule has 0 spiro atoms. The molecule has 0 aromatic heterocycles. The number of hydrogen-bond donors (Lipinski definition) is 0. The Balaban J connectivity index is 0. The van der Waals surface area contributed by atoms with E-state index in [1.807, 2.05) is 27.7 Å². The molecule has 0 saturated carbocycles. The van der Waals surface area contributed by atoms with Gasteiger partial charge in [-0.1, -0.05) is 86.6 Å². The highest BCUT2D eigenvalue weighted by Gasteiger charge is 2.24. The normalized spacial score (nSPS) is 10.6. The predicted octanol–water partition coefficient (Wildman–Crippen LogP) is 7.38. The maximum absolute atomic E-state index is 3.92. The van der Waals surface area contributed by atoms with Crippen molar-refractivity contribution in [3.05, 3.63) is 35.4 Å². The summed E-state index contributed by atoms with van der Waals surface area (Å²) in [7, 11) is -0.866. The van der Waals surface area contributed by atoms with Crippen molar-refractivity contribution < 1.29 is 0 Å². The first-order chi connectivity index (χ1) is 10.3. The zero-order chi connectivity index (χ0) is 17.9. The average molecular weight is 325 g/mol. The third-order valence-corrected chi connectivity index (χ3v) is 8.92. The van der Waals surface area contributed by atoms with Crippen molar-refractivity contribution in [1.29, 1.82) is 0 Å². The fourth-order valence-corrected chi connectivity index (χ4v) is 7.41. The van der Waals surface area contributed by atoms with Crippen molar-refractivity contribution in [2.75, 3.05) is 0 Å². The van der Waals surface area contributed by atoms with E-state index in [9.17, 15) is 0 Å². The van der Waals surface area contributed by atoms with Crippen molar-refractivity contribution in [3.8, 4) is 5.18 Å². The monoisotopic (exact) mass is 324 g/mol. The maximum atomic E-state index is 3.92. The highest BCUT2D eigenvalue weighted by molar-refractivity contribution is 8.25. The Morgan fingerprint density at radius 2 is 1.18 bits per heavy atom. The molecule has 0 atom stereocenters. The number of benzene rings is 1. The van der Waals surface area contributed by atoms with Gasteiger partial charge in [-0.2, -0.15) is 9.44 Å². The van der Waals surface area contributed by atoms with Crippen LogP contribution < -0.4 is 0 Å². The lowest BCUT2D eigenvalue weighted by Crippen LogP contribution is -2.20. The van der Waals surface area contributed by atoms with Gasteiger partial charge in [-0.3, -0.25) is 0 Å². The lowest BCUT2D eigenvalue weighted by molar-refractivity contribution is 0.968. The van der Waals surface area contributed by atoms with E-state index in [4.69, 9.17) is 0 Å². The largest absolute Gasteiger partial charge is 0.177 e. The molecule has 0 amide bonds. The third-order valence-electron chi connectivity index (χ3n) is 3.65. The Hall–Kier alpha value is -0.650. The zero-order valence-electron chi connectivity index (χ0n) is 16.9. The summed E-state index contributed by atoms with van der Waals surface area (Å²) in [6, 6.07) is 8.75. The summed E-state index contributed by atoms with van der Waals surface area (Å²) in [5.74, 6) is 0. The smallest absolute Gasteiger partial charge is 0.0221 e. The first kappa shape index (κ1) is 23.6. The van der Waals surface area contributed by atoms with E-state index in [1.165, 1.54) is 11.1 Å². The van der Waals surface area contributed by atoms with Crippen molar-refractivity contribution in [3.63, 3.8) is 0 Å². The van der Waals surface area contributed by atoms with Crippen LogP contribution in [0.5, 0.6) is 0 Å². The number of hydrogen-bond acceptors (Lipinski definition) is 0. The predicted molar refractivity (Wildman–Crippen MR) is 110 cm³/mol. The van der Waals surface area contributed by atoms with Crippen LogP contribution >= 0.6 is 9.44 Å². The van der Waals surface area contributed by atoms with E-state index >= 15 is 0 Å². The maximum Gasteiger partial charge on any atom is 0.0221 e. The van der Waals surface area contributed by atoms with E-state index in [2.05, 4.69) is 77.9 Å². The molecule has 0 radical (unpaired) electrons. The Morgan fingerprint density at radius 1 is 0.773 bits per heavy atom. The van der Waals surface area contributed by atoms with E-state index in [0.717, 1.165) is 0 Å².